The molecule has 3 heterocycles. The monoisotopic (exact) mass is 392 g/mol. The van der Waals surface area contributed by atoms with E-state index in [0.29, 0.717) is 17.5 Å². The lowest BCUT2D eigenvalue weighted by molar-refractivity contribution is -0.0430. The minimum absolute atomic E-state index is 0.0236. The van der Waals surface area contributed by atoms with Gasteiger partial charge in [0.05, 0.1) is 18.1 Å². The third kappa shape index (κ3) is 2.10. The Hall–Kier alpha value is -1.17. The number of aromatic amines is 1. The highest BCUT2D eigenvalue weighted by molar-refractivity contribution is 14.1. The fourth-order valence-electron chi connectivity index (χ4n) is 2.40. The van der Waals surface area contributed by atoms with Crippen LogP contribution in [-0.4, -0.2) is 43.6 Å². The van der Waals surface area contributed by atoms with Gasteiger partial charge in [-0.05, 0) is 22.6 Å². The number of nitrogens with one attached hydrogen (secondary N) is 1. The summed E-state index contributed by atoms with van der Waals surface area (Å²) < 4.78 is 7.96. The molecule has 20 heavy (non-hydrogen) atoms. The van der Waals surface area contributed by atoms with E-state index in [4.69, 9.17) is 15.6 Å². The average molecular weight is 392 g/mol. The molecule has 1 unspecified atom stereocenters. The van der Waals surface area contributed by atoms with Gasteiger partial charge in [0.15, 0.2) is 5.65 Å². The molecule has 8 nitrogen and oxygen atoms in total. The molecule has 0 spiro atoms. The van der Waals surface area contributed by atoms with E-state index in [-0.39, 0.29) is 18.1 Å². The van der Waals surface area contributed by atoms with Crippen LogP contribution < -0.4 is 11.3 Å². The predicted octanol–water partition coefficient (Wildman–Crippen LogP) is -0.448. The molecule has 9 heteroatoms. The second-order valence-electron chi connectivity index (χ2n) is 4.65. The molecule has 0 saturated carbocycles. The molecule has 108 valence electrons. The number of aliphatic hydroxyl groups is 2. The molecule has 0 aromatic carbocycles. The van der Waals surface area contributed by atoms with Gasteiger partial charge in [-0.2, -0.15) is 4.98 Å². The largest absolute Gasteiger partial charge is 0.394 e. The molecule has 1 fully saturated rings. The maximum atomic E-state index is 11.9. The van der Waals surface area contributed by atoms with E-state index >= 15 is 0 Å². The number of hydrogen-bond donors (Lipinski definition) is 4. The Kier molecular flexibility index (Phi) is 3.44. The van der Waals surface area contributed by atoms with E-state index in [2.05, 4.69) is 9.97 Å². The molecule has 1 aliphatic rings. The van der Waals surface area contributed by atoms with Crippen molar-refractivity contribution in [2.75, 3.05) is 12.3 Å². The number of ether oxygens (including phenoxy) is 1. The predicted molar refractivity (Wildman–Crippen MR) is 79.1 cm³/mol. The SMILES string of the molecule is Nc1nc2c(c(I)cn2C2C[C@H](O)[C@@H](CO)O2)c(=O)[nH]1. The molecule has 2 aromatic heterocycles. The number of anilines is 1. The van der Waals surface area contributed by atoms with Crippen molar-refractivity contribution in [3.63, 3.8) is 0 Å². The number of aromatic nitrogens is 3. The van der Waals surface area contributed by atoms with E-state index in [1.165, 1.54) is 0 Å². The maximum Gasteiger partial charge on any atom is 0.262 e. The normalized spacial score (nSPS) is 26.4. The van der Waals surface area contributed by atoms with Crippen LogP contribution in [0.15, 0.2) is 11.0 Å². The number of aliphatic hydroxyl groups excluding tert-OH is 2. The van der Waals surface area contributed by atoms with Crippen LogP contribution in [0.2, 0.25) is 0 Å². The number of nitrogens with two attached hydrogens (primary N) is 1. The van der Waals surface area contributed by atoms with Gasteiger partial charge in [-0.25, -0.2) is 0 Å². The lowest BCUT2D eigenvalue weighted by Crippen LogP contribution is -2.24. The van der Waals surface area contributed by atoms with Crippen molar-refractivity contribution in [3.8, 4) is 0 Å². The Bertz CT molecular complexity index is 712. The number of nitrogens with zero attached hydrogens (tertiary/aromatic N) is 2. The second kappa shape index (κ2) is 4.98. The number of hydrogen-bond acceptors (Lipinski definition) is 6. The Labute approximate surface area is 126 Å². The first-order valence-electron chi connectivity index (χ1n) is 6.01. The molecule has 0 amide bonds. The Morgan fingerprint density at radius 2 is 2.40 bits per heavy atom. The van der Waals surface area contributed by atoms with Gasteiger partial charge in [0.1, 0.15) is 12.3 Å². The van der Waals surface area contributed by atoms with Gasteiger partial charge in [0, 0.05) is 16.2 Å². The van der Waals surface area contributed by atoms with Gasteiger partial charge in [-0.3, -0.25) is 9.78 Å². The average Bonchev–Trinajstić information content (AvgIpc) is 2.90. The van der Waals surface area contributed by atoms with Crippen LogP contribution in [-0.2, 0) is 4.74 Å². The van der Waals surface area contributed by atoms with Gasteiger partial charge in [0.2, 0.25) is 5.95 Å². The molecular weight excluding hydrogens is 379 g/mol. The van der Waals surface area contributed by atoms with Crippen LogP contribution in [0.5, 0.6) is 0 Å². The fraction of sp³-hybridized carbons (Fsp3) is 0.455. The minimum Gasteiger partial charge on any atom is -0.394 e. The lowest BCUT2D eigenvalue weighted by atomic mass is 10.2. The fourth-order valence-corrected chi connectivity index (χ4v) is 3.18. The van der Waals surface area contributed by atoms with Crippen LogP contribution in [0, 0.1) is 3.57 Å². The van der Waals surface area contributed by atoms with Gasteiger partial charge in [0.25, 0.3) is 5.56 Å². The molecule has 0 aliphatic carbocycles. The van der Waals surface area contributed by atoms with Crippen LogP contribution in [0.3, 0.4) is 0 Å². The van der Waals surface area contributed by atoms with Crippen molar-refractivity contribution < 1.29 is 14.9 Å². The molecule has 0 bridgehead atoms. The van der Waals surface area contributed by atoms with Crippen molar-refractivity contribution in [1.29, 1.82) is 0 Å². The third-order valence-electron chi connectivity index (χ3n) is 3.35. The van der Waals surface area contributed by atoms with Crippen molar-refractivity contribution in [3.05, 3.63) is 20.1 Å². The summed E-state index contributed by atoms with van der Waals surface area (Å²) in [6.07, 6.45) is 0.180. The quantitative estimate of drug-likeness (QED) is 0.513. The minimum atomic E-state index is -0.751. The first kappa shape index (κ1) is 13.8. The van der Waals surface area contributed by atoms with Crippen molar-refractivity contribution in [2.24, 2.45) is 0 Å². The third-order valence-corrected chi connectivity index (χ3v) is 4.17. The van der Waals surface area contributed by atoms with E-state index in [9.17, 15) is 9.90 Å². The molecule has 1 saturated heterocycles. The second-order valence-corrected chi connectivity index (χ2v) is 5.81. The number of nitrogen functional groups attached to an aromatic ring is 1. The highest BCUT2D eigenvalue weighted by atomic mass is 127. The smallest absolute Gasteiger partial charge is 0.262 e. The molecule has 3 atom stereocenters. The highest BCUT2D eigenvalue weighted by Crippen LogP contribution is 2.32. The first-order valence-corrected chi connectivity index (χ1v) is 7.09. The molecule has 0 radical (unpaired) electrons. The summed E-state index contributed by atoms with van der Waals surface area (Å²) in [5.41, 5.74) is 5.67. The van der Waals surface area contributed by atoms with Gasteiger partial charge in [-0.1, -0.05) is 0 Å². The van der Waals surface area contributed by atoms with Crippen molar-refractivity contribution in [2.45, 2.75) is 24.9 Å². The van der Waals surface area contributed by atoms with E-state index in [0.717, 1.165) is 3.57 Å². The first-order chi connectivity index (χ1) is 9.51. The van der Waals surface area contributed by atoms with E-state index in [1.807, 2.05) is 22.6 Å². The van der Waals surface area contributed by atoms with Crippen LogP contribution in [0.1, 0.15) is 12.6 Å². The Morgan fingerprint density at radius 1 is 1.65 bits per heavy atom. The van der Waals surface area contributed by atoms with Gasteiger partial charge >= 0.3 is 0 Å². The lowest BCUT2D eigenvalue weighted by Gasteiger charge is -2.14. The molecule has 1 aliphatic heterocycles. The number of fused-ring (bicyclic) bond motifs is 1. The summed E-state index contributed by atoms with van der Waals surface area (Å²) in [6, 6.07) is 0. The van der Waals surface area contributed by atoms with Crippen LogP contribution >= 0.6 is 22.6 Å². The van der Waals surface area contributed by atoms with E-state index < -0.39 is 18.4 Å². The van der Waals surface area contributed by atoms with Gasteiger partial charge < -0.3 is 25.3 Å². The molecule has 5 N–H and O–H groups in total. The summed E-state index contributed by atoms with van der Waals surface area (Å²) in [5.74, 6) is 0.0236. The number of rotatable bonds is 2. The summed E-state index contributed by atoms with van der Waals surface area (Å²) in [7, 11) is 0. The van der Waals surface area contributed by atoms with Crippen molar-refractivity contribution >= 4 is 39.6 Å². The zero-order valence-electron chi connectivity index (χ0n) is 10.3. The van der Waals surface area contributed by atoms with Crippen LogP contribution in [0.4, 0.5) is 5.95 Å². The van der Waals surface area contributed by atoms with Crippen molar-refractivity contribution in [1.82, 2.24) is 14.5 Å². The Balaban J connectivity index is 2.11. The molecule has 3 rings (SSSR count). The standard InChI is InChI=1S/C11H13IN4O4/c12-4-2-16(7-1-5(18)6(3-17)20-7)9-8(4)10(19)15-11(13)14-9/h2,5-7,17-18H,1,3H2,(H3,13,14,15,19)/t5-,6+,7?/m0/s1. The molecular formula is C11H13IN4O4. The van der Waals surface area contributed by atoms with Gasteiger partial charge in [-0.15, -0.1) is 0 Å². The summed E-state index contributed by atoms with van der Waals surface area (Å²) >= 11 is 2.03. The summed E-state index contributed by atoms with van der Waals surface area (Å²) in [4.78, 5) is 18.5. The summed E-state index contributed by atoms with van der Waals surface area (Å²) in [6.45, 7) is -0.260. The maximum absolute atomic E-state index is 11.9. The number of halogens is 1. The number of H-pyrrole nitrogens is 1. The summed E-state index contributed by atoms with van der Waals surface area (Å²) in [5, 5.41) is 19.4. The topological polar surface area (TPSA) is 126 Å². The molecule has 2 aromatic rings. The Morgan fingerprint density at radius 3 is 3.05 bits per heavy atom. The highest BCUT2D eigenvalue weighted by Gasteiger charge is 2.35. The van der Waals surface area contributed by atoms with Crippen LogP contribution in [0.25, 0.3) is 11.0 Å². The zero-order valence-corrected chi connectivity index (χ0v) is 12.4. The van der Waals surface area contributed by atoms with E-state index in [1.54, 1.807) is 10.8 Å². The zero-order chi connectivity index (χ0) is 14.4.